The molecule has 130 valence electrons. The number of carboxylic acids is 1. The highest BCUT2D eigenvalue weighted by atomic mass is 16.5. The molecular weight excluding hydrogens is 310 g/mol. The van der Waals surface area contributed by atoms with Crippen LogP contribution < -0.4 is 5.32 Å². The summed E-state index contributed by atoms with van der Waals surface area (Å²) in [6.45, 7) is 0. The molecule has 1 heterocycles. The van der Waals surface area contributed by atoms with Crippen LogP contribution in [0.25, 0.3) is 0 Å². The average Bonchev–Trinajstić information content (AvgIpc) is 3.04. The maximum absolute atomic E-state index is 12.6. The SMILES string of the molecule is O=C(CC1(C(=O)O)CCC1)NC1(c2noc(C3CC3)n2)CCCC1. The Morgan fingerprint density at radius 2 is 1.88 bits per heavy atom. The summed E-state index contributed by atoms with van der Waals surface area (Å²) in [5, 5.41) is 16.6. The first kappa shape index (κ1) is 15.6. The third-order valence-electron chi connectivity index (χ3n) is 5.90. The maximum atomic E-state index is 12.6. The molecule has 0 bridgehead atoms. The summed E-state index contributed by atoms with van der Waals surface area (Å²) in [4.78, 5) is 28.6. The van der Waals surface area contributed by atoms with Gasteiger partial charge in [-0.05, 0) is 38.5 Å². The number of nitrogens with zero attached hydrogens (tertiary/aromatic N) is 2. The third kappa shape index (κ3) is 2.59. The maximum Gasteiger partial charge on any atom is 0.310 e. The molecule has 0 spiro atoms. The van der Waals surface area contributed by atoms with Gasteiger partial charge in [-0.1, -0.05) is 24.4 Å². The van der Waals surface area contributed by atoms with Crippen molar-refractivity contribution in [3.8, 4) is 0 Å². The van der Waals surface area contributed by atoms with Gasteiger partial charge in [0.25, 0.3) is 0 Å². The molecule has 24 heavy (non-hydrogen) atoms. The van der Waals surface area contributed by atoms with Crippen LogP contribution in [0, 0.1) is 5.41 Å². The molecular formula is C17H23N3O4. The van der Waals surface area contributed by atoms with Crippen molar-refractivity contribution in [1.29, 1.82) is 0 Å². The number of carbonyl (C=O) groups excluding carboxylic acids is 1. The fourth-order valence-electron chi connectivity index (χ4n) is 4.00. The van der Waals surface area contributed by atoms with Crippen molar-refractivity contribution >= 4 is 11.9 Å². The van der Waals surface area contributed by atoms with Gasteiger partial charge in [0.2, 0.25) is 11.8 Å². The van der Waals surface area contributed by atoms with Crippen molar-refractivity contribution < 1.29 is 19.2 Å². The first-order valence-electron chi connectivity index (χ1n) is 8.92. The second-order valence-electron chi connectivity index (χ2n) is 7.68. The van der Waals surface area contributed by atoms with Gasteiger partial charge in [0, 0.05) is 12.3 Å². The molecule has 7 heteroatoms. The van der Waals surface area contributed by atoms with Gasteiger partial charge in [0.15, 0.2) is 5.82 Å². The summed E-state index contributed by atoms with van der Waals surface area (Å²) in [7, 11) is 0. The van der Waals surface area contributed by atoms with Crippen LogP contribution >= 0.6 is 0 Å². The van der Waals surface area contributed by atoms with E-state index in [4.69, 9.17) is 4.52 Å². The Balaban J connectivity index is 1.50. The normalized spacial score (nSPS) is 24.3. The van der Waals surface area contributed by atoms with E-state index in [1.54, 1.807) is 0 Å². The van der Waals surface area contributed by atoms with E-state index in [1.165, 1.54) is 0 Å². The molecule has 0 aliphatic heterocycles. The van der Waals surface area contributed by atoms with Crippen molar-refractivity contribution in [2.75, 3.05) is 0 Å². The van der Waals surface area contributed by atoms with Gasteiger partial charge >= 0.3 is 5.97 Å². The number of rotatable bonds is 6. The van der Waals surface area contributed by atoms with Crippen molar-refractivity contribution in [1.82, 2.24) is 15.5 Å². The predicted octanol–water partition coefficient (Wildman–Crippen LogP) is 2.48. The minimum absolute atomic E-state index is 0.0391. The zero-order chi connectivity index (χ0) is 16.8. The second-order valence-corrected chi connectivity index (χ2v) is 7.68. The lowest BCUT2D eigenvalue weighted by molar-refractivity contribution is -0.158. The molecule has 3 aliphatic carbocycles. The van der Waals surface area contributed by atoms with Crippen LogP contribution in [-0.2, 0) is 15.1 Å². The summed E-state index contributed by atoms with van der Waals surface area (Å²) < 4.78 is 5.37. The Bertz CT molecular complexity index is 655. The zero-order valence-corrected chi connectivity index (χ0v) is 13.7. The number of aromatic nitrogens is 2. The Morgan fingerprint density at radius 1 is 1.17 bits per heavy atom. The highest BCUT2D eigenvalue weighted by Crippen LogP contribution is 2.45. The largest absolute Gasteiger partial charge is 0.481 e. The van der Waals surface area contributed by atoms with E-state index in [1.807, 2.05) is 0 Å². The highest BCUT2D eigenvalue weighted by molar-refractivity contribution is 5.86. The average molecular weight is 333 g/mol. The standard InChI is InChI=1S/C17H23N3O4/c21-12(10-16(15(22)23)6-3-7-16)19-17(8-1-2-9-17)14-18-13(24-20-14)11-4-5-11/h11H,1-10H2,(H,19,21)(H,22,23). The number of carbonyl (C=O) groups is 2. The lowest BCUT2D eigenvalue weighted by Crippen LogP contribution is -2.49. The second kappa shape index (κ2) is 5.57. The number of hydrogen-bond acceptors (Lipinski definition) is 5. The van der Waals surface area contributed by atoms with Crippen LogP contribution in [0.4, 0.5) is 0 Å². The minimum atomic E-state index is -0.875. The van der Waals surface area contributed by atoms with E-state index in [9.17, 15) is 14.7 Å². The Kier molecular flexibility index (Phi) is 3.62. The molecule has 1 aromatic heterocycles. The first-order chi connectivity index (χ1) is 11.5. The van der Waals surface area contributed by atoms with Gasteiger partial charge in [0.05, 0.1) is 5.41 Å². The highest BCUT2D eigenvalue weighted by Gasteiger charge is 2.48. The molecule has 4 rings (SSSR count). The van der Waals surface area contributed by atoms with Crippen LogP contribution in [0.3, 0.4) is 0 Å². The van der Waals surface area contributed by atoms with Crippen LogP contribution in [0.2, 0.25) is 0 Å². The van der Waals surface area contributed by atoms with Crippen molar-refractivity contribution in [3.63, 3.8) is 0 Å². The predicted molar refractivity (Wildman–Crippen MR) is 83.1 cm³/mol. The molecule has 1 amide bonds. The zero-order valence-electron chi connectivity index (χ0n) is 13.7. The summed E-state index contributed by atoms with van der Waals surface area (Å²) in [6, 6.07) is 0. The van der Waals surface area contributed by atoms with E-state index in [2.05, 4.69) is 15.5 Å². The molecule has 0 aromatic carbocycles. The fourth-order valence-corrected chi connectivity index (χ4v) is 4.00. The van der Waals surface area contributed by atoms with E-state index >= 15 is 0 Å². The number of nitrogens with one attached hydrogen (secondary N) is 1. The lowest BCUT2D eigenvalue weighted by atomic mass is 9.66. The topological polar surface area (TPSA) is 105 Å². The Hall–Kier alpha value is -1.92. The summed E-state index contributed by atoms with van der Waals surface area (Å²) in [5.41, 5.74) is -1.46. The van der Waals surface area contributed by atoms with Gasteiger partial charge in [0.1, 0.15) is 5.54 Å². The van der Waals surface area contributed by atoms with Crippen molar-refractivity contribution in [2.45, 2.75) is 75.7 Å². The van der Waals surface area contributed by atoms with Crippen LogP contribution in [-0.4, -0.2) is 27.1 Å². The van der Waals surface area contributed by atoms with Crippen LogP contribution in [0.1, 0.15) is 81.8 Å². The number of amides is 1. The number of hydrogen-bond donors (Lipinski definition) is 2. The lowest BCUT2D eigenvalue weighted by Gasteiger charge is -2.38. The van der Waals surface area contributed by atoms with Gasteiger partial charge < -0.3 is 14.9 Å². The smallest absolute Gasteiger partial charge is 0.310 e. The van der Waals surface area contributed by atoms with Crippen LogP contribution in [0.15, 0.2) is 4.52 Å². The van der Waals surface area contributed by atoms with E-state index in [-0.39, 0.29) is 12.3 Å². The van der Waals surface area contributed by atoms with E-state index in [0.29, 0.717) is 30.5 Å². The molecule has 7 nitrogen and oxygen atoms in total. The number of aliphatic carboxylic acids is 1. The Morgan fingerprint density at radius 3 is 2.42 bits per heavy atom. The third-order valence-corrected chi connectivity index (χ3v) is 5.90. The minimum Gasteiger partial charge on any atom is -0.481 e. The summed E-state index contributed by atoms with van der Waals surface area (Å²) >= 11 is 0. The molecule has 3 aliphatic rings. The molecule has 0 radical (unpaired) electrons. The monoisotopic (exact) mass is 333 g/mol. The molecule has 2 N–H and O–H groups in total. The molecule has 0 unspecified atom stereocenters. The van der Waals surface area contributed by atoms with Gasteiger partial charge in [-0.25, -0.2) is 0 Å². The molecule has 0 saturated heterocycles. The first-order valence-corrected chi connectivity index (χ1v) is 8.92. The molecule has 3 fully saturated rings. The summed E-state index contributed by atoms with van der Waals surface area (Å²) in [6.07, 6.45) is 7.80. The van der Waals surface area contributed by atoms with Crippen molar-refractivity contribution in [2.24, 2.45) is 5.41 Å². The molecule has 3 saturated carbocycles. The van der Waals surface area contributed by atoms with E-state index in [0.717, 1.165) is 44.9 Å². The molecule has 1 aromatic rings. The fraction of sp³-hybridized carbons (Fsp3) is 0.765. The van der Waals surface area contributed by atoms with Crippen molar-refractivity contribution in [3.05, 3.63) is 11.7 Å². The van der Waals surface area contributed by atoms with Gasteiger partial charge in [-0.15, -0.1) is 0 Å². The quantitative estimate of drug-likeness (QED) is 0.828. The Labute approximate surface area is 140 Å². The summed E-state index contributed by atoms with van der Waals surface area (Å²) in [5.74, 6) is 0.544. The van der Waals surface area contributed by atoms with Gasteiger partial charge in [-0.3, -0.25) is 9.59 Å². The van der Waals surface area contributed by atoms with E-state index < -0.39 is 16.9 Å². The van der Waals surface area contributed by atoms with Crippen LogP contribution in [0.5, 0.6) is 0 Å². The molecule has 0 atom stereocenters. The number of carboxylic acid groups (broad SMARTS) is 1. The van der Waals surface area contributed by atoms with Gasteiger partial charge in [-0.2, -0.15) is 4.98 Å².